The Morgan fingerprint density at radius 2 is 1.81 bits per heavy atom. The molecule has 0 unspecified atom stereocenters. The molecule has 16 heavy (non-hydrogen) atoms. The molecule has 5 nitrogen and oxygen atoms in total. The summed E-state index contributed by atoms with van der Waals surface area (Å²) in [5.74, 6) is 0. The first-order valence-corrected chi connectivity index (χ1v) is 4.89. The van der Waals surface area contributed by atoms with E-state index >= 15 is 0 Å². The molecule has 0 bridgehead atoms. The van der Waals surface area contributed by atoms with Crippen molar-refractivity contribution in [3.8, 4) is 0 Å². The number of nitrogens with zero attached hydrogens (tertiary/aromatic N) is 1. The quantitative estimate of drug-likeness (QED) is 0.629. The number of anilines is 2. The Labute approximate surface area is 94.3 Å². The van der Waals surface area contributed by atoms with Crippen LogP contribution < -0.4 is 10.2 Å². The lowest BCUT2D eigenvalue weighted by Crippen LogP contribution is -2.13. The van der Waals surface area contributed by atoms with Crippen LogP contribution in [-0.2, 0) is 18.0 Å². The van der Waals surface area contributed by atoms with Crippen LogP contribution in [0.25, 0.3) is 0 Å². The van der Waals surface area contributed by atoms with E-state index in [-0.39, 0.29) is 13.2 Å². The van der Waals surface area contributed by atoms with Gasteiger partial charge in [0.05, 0.1) is 24.6 Å². The molecular weight excluding hydrogens is 208 g/mol. The van der Waals surface area contributed by atoms with Crippen LogP contribution in [0.4, 0.5) is 11.4 Å². The van der Waals surface area contributed by atoms with E-state index in [1.165, 1.54) is 0 Å². The van der Waals surface area contributed by atoms with Crippen molar-refractivity contribution in [2.45, 2.75) is 13.2 Å². The average Bonchev–Trinajstić information content (AvgIpc) is 2.28. The second-order valence-electron chi connectivity index (χ2n) is 3.61. The zero-order chi connectivity index (χ0) is 12.1. The Balaban J connectivity index is 3.29. The molecule has 0 aliphatic heterocycles. The second kappa shape index (κ2) is 5.48. The summed E-state index contributed by atoms with van der Waals surface area (Å²) in [6.45, 7) is -0.310. The highest BCUT2D eigenvalue weighted by molar-refractivity contribution is 5.82. The molecular formula is C11H16N2O3. The van der Waals surface area contributed by atoms with Gasteiger partial charge in [-0.3, -0.25) is 4.79 Å². The van der Waals surface area contributed by atoms with E-state index in [0.29, 0.717) is 23.2 Å². The minimum Gasteiger partial charge on any atom is -0.392 e. The molecule has 1 aromatic rings. The number of aliphatic hydroxyl groups is 2. The maximum absolute atomic E-state index is 10.5. The van der Waals surface area contributed by atoms with Crippen LogP contribution >= 0.6 is 0 Å². The Bertz CT molecular complexity index is 378. The number of aliphatic hydroxyl groups excluding tert-OH is 2. The van der Waals surface area contributed by atoms with Crippen LogP contribution in [0.15, 0.2) is 12.1 Å². The molecule has 88 valence electrons. The topological polar surface area (TPSA) is 72.8 Å². The highest BCUT2D eigenvalue weighted by atomic mass is 16.3. The van der Waals surface area contributed by atoms with Gasteiger partial charge < -0.3 is 20.4 Å². The monoisotopic (exact) mass is 224 g/mol. The summed E-state index contributed by atoms with van der Waals surface area (Å²) >= 11 is 0. The van der Waals surface area contributed by atoms with Gasteiger partial charge in [-0.05, 0) is 23.3 Å². The molecule has 1 aromatic carbocycles. The first-order chi connectivity index (χ1) is 7.63. The molecule has 0 heterocycles. The SMILES string of the molecule is CN(C)c1cc(CO)c(CO)cc1NC=O. The summed E-state index contributed by atoms with van der Waals surface area (Å²) in [4.78, 5) is 12.3. The van der Waals surface area contributed by atoms with Crippen LogP contribution in [-0.4, -0.2) is 30.7 Å². The molecule has 0 saturated heterocycles. The Hall–Kier alpha value is -1.59. The molecule has 0 aliphatic rings. The molecule has 0 radical (unpaired) electrons. The number of hydrogen-bond acceptors (Lipinski definition) is 4. The number of rotatable bonds is 5. The fourth-order valence-electron chi connectivity index (χ4n) is 1.52. The maximum atomic E-state index is 10.5. The third-order valence-electron chi connectivity index (χ3n) is 2.35. The van der Waals surface area contributed by atoms with E-state index in [0.717, 1.165) is 5.69 Å². The largest absolute Gasteiger partial charge is 0.392 e. The van der Waals surface area contributed by atoms with E-state index < -0.39 is 0 Å². The first kappa shape index (κ1) is 12.5. The van der Waals surface area contributed by atoms with Crippen molar-refractivity contribution in [2.24, 2.45) is 0 Å². The average molecular weight is 224 g/mol. The van der Waals surface area contributed by atoms with Crippen molar-refractivity contribution in [1.29, 1.82) is 0 Å². The fraction of sp³-hybridized carbons (Fsp3) is 0.364. The van der Waals surface area contributed by atoms with Crippen LogP contribution in [0.1, 0.15) is 11.1 Å². The predicted octanol–water partition coefficient (Wildman–Crippen LogP) is 0.305. The van der Waals surface area contributed by atoms with Gasteiger partial charge in [0, 0.05) is 14.1 Å². The van der Waals surface area contributed by atoms with Crippen LogP contribution in [0.2, 0.25) is 0 Å². The van der Waals surface area contributed by atoms with Gasteiger partial charge in [-0.1, -0.05) is 0 Å². The number of carbonyl (C=O) groups is 1. The highest BCUT2D eigenvalue weighted by Crippen LogP contribution is 2.28. The van der Waals surface area contributed by atoms with Gasteiger partial charge in [-0.2, -0.15) is 0 Å². The Morgan fingerprint density at radius 1 is 1.25 bits per heavy atom. The van der Waals surface area contributed by atoms with Gasteiger partial charge in [0.2, 0.25) is 6.41 Å². The molecule has 0 saturated carbocycles. The summed E-state index contributed by atoms with van der Waals surface area (Å²) < 4.78 is 0. The zero-order valence-electron chi connectivity index (χ0n) is 9.40. The number of carbonyl (C=O) groups excluding carboxylic acids is 1. The summed E-state index contributed by atoms with van der Waals surface area (Å²) in [6, 6.07) is 3.41. The van der Waals surface area contributed by atoms with E-state index in [1.807, 2.05) is 19.0 Å². The second-order valence-corrected chi connectivity index (χ2v) is 3.61. The van der Waals surface area contributed by atoms with Crippen molar-refractivity contribution in [1.82, 2.24) is 0 Å². The van der Waals surface area contributed by atoms with E-state index in [9.17, 15) is 4.79 Å². The zero-order valence-corrected chi connectivity index (χ0v) is 9.40. The van der Waals surface area contributed by atoms with Crippen molar-refractivity contribution in [3.63, 3.8) is 0 Å². The molecule has 5 heteroatoms. The Morgan fingerprint density at radius 3 is 2.25 bits per heavy atom. The summed E-state index contributed by atoms with van der Waals surface area (Å²) in [7, 11) is 3.68. The van der Waals surface area contributed by atoms with Crippen molar-refractivity contribution < 1.29 is 15.0 Å². The Kier molecular flexibility index (Phi) is 4.28. The van der Waals surface area contributed by atoms with Gasteiger partial charge in [-0.15, -0.1) is 0 Å². The molecule has 0 aromatic heterocycles. The normalized spacial score (nSPS) is 10.0. The lowest BCUT2D eigenvalue weighted by molar-refractivity contribution is -0.105. The van der Waals surface area contributed by atoms with Gasteiger partial charge in [0.25, 0.3) is 0 Å². The molecule has 1 rings (SSSR count). The van der Waals surface area contributed by atoms with E-state index in [1.54, 1.807) is 12.1 Å². The van der Waals surface area contributed by atoms with Gasteiger partial charge in [0.1, 0.15) is 0 Å². The molecule has 0 fully saturated rings. The number of amides is 1. The molecule has 1 amide bonds. The number of benzene rings is 1. The van der Waals surface area contributed by atoms with E-state index in [4.69, 9.17) is 10.2 Å². The van der Waals surface area contributed by atoms with Gasteiger partial charge in [-0.25, -0.2) is 0 Å². The minimum absolute atomic E-state index is 0.141. The predicted molar refractivity (Wildman–Crippen MR) is 62.3 cm³/mol. The molecule has 0 spiro atoms. The van der Waals surface area contributed by atoms with Crippen LogP contribution in [0, 0.1) is 0 Å². The van der Waals surface area contributed by atoms with Crippen molar-refractivity contribution >= 4 is 17.8 Å². The molecule has 0 aliphatic carbocycles. The smallest absolute Gasteiger partial charge is 0.211 e. The fourth-order valence-corrected chi connectivity index (χ4v) is 1.52. The van der Waals surface area contributed by atoms with Gasteiger partial charge in [0.15, 0.2) is 0 Å². The number of nitrogens with one attached hydrogen (secondary N) is 1. The molecule has 3 N–H and O–H groups in total. The molecule has 0 atom stereocenters. The van der Waals surface area contributed by atoms with Crippen LogP contribution in [0.3, 0.4) is 0 Å². The van der Waals surface area contributed by atoms with Gasteiger partial charge >= 0.3 is 0 Å². The van der Waals surface area contributed by atoms with E-state index in [2.05, 4.69) is 5.32 Å². The summed E-state index contributed by atoms with van der Waals surface area (Å²) in [6.07, 6.45) is 0.585. The first-order valence-electron chi connectivity index (χ1n) is 4.89. The minimum atomic E-state index is -0.170. The third-order valence-corrected chi connectivity index (χ3v) is 2.35. The summed E-state index contributed by atoms with van der Waals surface area (Å²) in [5.41, 5.74) is 2.66. The van der Waals surface area contributed by atoms with Crippen molar-refractivity contribution in [3.05, 3.63) is 23.3 Å². The standard InChI is InChI=1S/C11H16N2O3/c1-13(2)11-4-9(6-15)8(5-14)3-10(11)12-7-16/h3-4,7,14-15H,5-6H2,1-2H3,(H,12,16). The summed E-state index contributed by atoms with van der Waals surface area (Å²) in [5, 5.41) is 20.9. The lowest BCUT2D eigenvalue weighted by Gasteiger charge is -2.19. The highest BCUT2D eigenvalue weighted by Gasteiger charge is 2.10. The third kappa shape index (κ3) is 2.50. The number of hydrogen-bond donors (Lipinski definition) is 3. The maximum Gasteiger partial charge on any atom is 0.211 e. The van der Waals surface area contributed by atoms with Crippen LogP contribution in [0.5, 0.6) is 0 Å². The lowest BCUT2D eigenvalue weighted by atomic mass is 10.1. The van der Waals surface area contributed by atoms with Crippen molar-refractivity contribution in [2.75, 3.05) is 24.3 Å².